The monoisotopic (exact) mass is 745 g/mol. The Morgan fingerprint density at radius 1 is 0.942 bits per heavy atom. The van der Waals surface area contributed by atoms with E-state index in [-0.39, 0.29) is 28.5 Å². The summed E-state index contributed by atoms with van der Waals surface area (Å²) in [6, 6.07) is 7.61. The number of benzene rings is 2. The van der Waals surface area contributed by atoms with Crippen molar-refractivity contribution >= 4 is 22.9 Å². The predicted octanol–water partition coefficient (Wildman–Crippen LogP) is 0.855. The van der Waals surface area contributed by atoms with Crippen molar-refractivity contribution in [3.05, 3.63) is 75.9 Å². The Kier molecular flexibility index (Phi) is 14.0. The summed E-state index contributed by atoms with van der Waals surface area (Å²) in [5, 5.41) is 76.6. The predicted molar refractivity (Wildman–Crippen MR) is 189 cm³/mol. The van der Waals surface area contributed by atoms with Crippen molar-refractivity contribution in [3.63, 3.8) is 0 Å². The normalized spacial score (nSPS) is 21.1. The second kappa shape index (κ2) is 17.8. The Bertz CT molecular complexity index is 1690. The highest BCUT2D eigenvalue weighted by Gasteiger charge is 2.36. The Morgan fingerprint density at radius 3 is 2.19 bits per heavy atom. The van der Waals surface area contributed by atoms with Gasteiger partial charge in [0.2, 0.25) is 5.91 Å². The van der Waals surface area contributed by atoms with E-state index in [2.05, 4.69) is 15.3 Å². The van der Waals surface area contributed by atoms with Crippen LogP contribution in [0.25, 0.3) is 0 Å². The number of carbonyl (C=O) groups is 2. The number of hydrogen-bond acceptors (Lipinski definition) is 15. The highest BCUT2D eigenvalue weighted by Crippen LogP contribution is 2.43. The molecule has 1 fully saturated rings. The van der Waals surface area contributed by atoms with Gasteiger partial charge in [-0.2, -0.15) is 0 Å². The van der Waals surface area contributed by atoms with Gasteiger partial charge in [0.1, 0.15) is 53.9 Å². The largest absolute Gasteiger partial charge is 0.507 e. The highest BCUT2D eigenvalue weighted by atomic mass is 32.2. The van der Waals surface area contributed by atoms with E-state index in [1.54, 1.807) is 0 Å². The number of aliphatic hydroxyl groups excluding tert-OH is 7. The van der Waals surface area contributed by atoms with Crippen LogP contribution in [0.15, 0.2) is 36.7 Å². The van der Waals surface area contributed by atoms with Gasteiger partial charge in [0.25, 0.3) is 5.24 Å². The van der Waals surface area contributed by atoms with E-state index in [4.69, 9.17) is 19.7 Å². The first-order chi connectivity index (χ1) is 24.6. The number of hydrogen-bond donors (Lipinski definition) is 9. The Morgan fingerprint density at radius 2 is 1.62 bits per heavy atom. The molecule has 0 spiro atoms. The zero-order chi connectivity index (χ0) is 38.3. The Hall–Kier alpha value is -3.87. The smallest absolute Gasteiger partial charge is 0.286 e. The van der Waals surface area contributed by atoms with Crippen molar-refractivity contribution < 1.29 is 59.9 Å². The molecule has 0 bridgehead atoms. The minimum absolute atomic E-state index is 0.0176. The number of phenols is 1. The lowest BCUT2D eigenvalue weighted by molar-refractivity contribution is -0.118. The Labute approximate surface area is 305 Å². The van der Waals surface area contributed by atoms with Crippen molar-refractivity contribution in [2.45, 2.75) is 94.7 Å². The molecular formula is C36H47N3O12S. The van der Waals surface area contributed by atoms with Crippen molar-refractivity contribution in [2.75, 3.05) is 19.8 Å². The Balaban J connectivity index is 0.000000253. The average Bonchev–Trinajstić information content (AvgIpc) is 3.47. The fraction of sp³-hybridized carbons (Fsp3) is 0.500. The van der Waals surface area contributed by atoms with Gasteiger partial charge in [0.15, 0.2) is 0 Å². The van der Waals surface area contributed by atoms with Gasteiger partial charge < -0.3 is 50.3 Å². The van der Waals surface area contributed by atoms with Crippen LogP contribution >= 0.6 is 11.8 Å². The molecule has 16 heteroatoms. The molecule has 0 aliphatic carbocycles. The number of carbonyl (C=O) groups excluding carboxylic acids is 2. The molecular weight excluding hydrogens is 698 g/mol. The van der Waals surface area contributed by atoms with Crippen LogP contribution in [0.1, 0.15) is 58.7 Å². The minimum Gasteiger partial charge on any atom is -0.507 e. The number of aromatic hydroxyl groups is 1. The standard InChI is InChI=1S/C24H27NO5S.C12H20N2O7/c1-13-14(2)21-18(15(3)20(13)26)9-10-24(4,30-21)12-29-17-7-5-16(6-8-17)11-19-22(27)25-23(28)31-19;15-4-9(18)8(17)1-6-2-14-7(3-13-6)11(20)12(21)10(19)5-16/h5-8,19,26H,9-12H2,1-4H3,(H,25,27,28);2-3,8-12,15-21H,1,4-5H2/t;8-,9+,10+,11+,12+/m.0/s1. The molecule has 15 nitrogen and oxygen atoms in total. The molecule has 1 saturated heterocycles. The van der Waals surface area contributed by atoms with Crippen LogP contribution in [0.4, 0.5) is 4.79 Å². The van der Waals surface area contributed by atoms with Gasteiger partial charge in [0.05, 0.1) is 42.2 Å². The van der Waals surface area contributed by atoms with E-state index in [1.165, 1.54) is 6.20 Å². The number of ether oxygens (including phenoxy) is 2. The van der Waals surface area contributed by atoms with Gasteiger partial charge in [-0.1, -0.05) is 23.9 Å². The molecule has 2 amide bonds. The number of aromatic nitrogens is 2. The summed E-state index contributed by atoms with van der Waals surface area (Å²) < 4.78 is 12.4. The van der Waals surface area contributed by atoms with Gasteiger partial charge in [-0.05, 0) is 81.3 Å². The number of nitrogens with one attached hydrogen (secondary N) is 1. The van der Waals surface area contributed by atoms with Crippen LogP contribution in [0.5, 0.6) is 17.2 Å². The lowest BCUT2D eigenvalue weighted by Gasteiger charge is -2.37. The van der Waals surface area contributed by atoms with Crippen LogP contribution in [-0.2, 0) is 24.1 Å². The SMILES string of the molecule is Cc1c(C)c2c(c(C)c1O)CCC(C)(COc1ccc(CC3SC(=O)NC3=O)cc1)O2.OC[C@@H](O)[C@@H](O)[C@H](O)c1cnc(C[C@H](O)[C@H](O)CO)cn1. The fourth-order valence-corrected chi connectivity index (χ4v) is 6.54. The van der Waals surface area contributed by atoms with Gasteiger partial charge in [-0.3, -0.25) is 24.9 Å². The van der Waals surface area contributed by atoms with E-state index in [0.717, 1.165) is 70.1 Å². The maximum atomic E-state index is 11.7. The minimum atomic E-state index is -1.61. The number of imide groups is 1. The van der Waals surface area contributed by atoms with E-state index in [0.29, 0.717) is 24.5 Å². The molecule has 0 radical (unpaired) electrons. The summed E-state index contributed by atoms with van der Waals surface area (Å²) in [7, 11) is 0. The number of fused-ring (bicyclic) bond motifs is 1. The third-order valence-electron chi connectivity index (χ3n) is 9.23. The molecule has 9 N–H and O–H groups in total. The molecule has 2 aliphatic rings. The average molecular weight is 746 g/mol. The molecule has 5 rings (SSSR count). The molecule has 3 heterocycles. The molecule has 2 aliphatic heterocycles. The summed E-state index contributed by atoms with van der Waals surface area (Å²) in [5.41, 5.74) is 4.60. The van der Waals surface area contributed by atoms with Crippen LogP contribution in [0.2, 0.25) is 0 Å². The number of thioether (sulfide) groups is 1. The van der Waals surface area contributed by atoms with E-state index in [1.807, 2.05) is 52.0 Å². The second-order valence-corrected chi connectivity index (χ2v) is 14.4. The topological polar surface area (TPSA) is 252 Å². The summed E-state index contributed by atoms with van der Waals surface area (Å²) in [6.45, 7) is 6.98. The van der Waals surface area contributed by atoms with Crippen LogP contribution in [0.3, 0.4) is 0 Å². The number of phenolic OH excluding ortho intramolecular Hbond substituents is 1. The maximum Gasteiger partial charge on any atom is 0.286 e. The van der Waals surface area contributed by atoms with Gasteiger partial charge >= 0.3 is 0 Å². The lowest BCUT2D eigenvalue weighted by atomic mass is 9.87. The zero-order valence-electron chi connectivity index (χ0n) is 29.4. The first-order valence-corrected chi connectivity index (χ1v) is 17.6. The zero-order valence-corrected chi connectivity index (χ0v) is 30.2. The molecule has 1 aromatic heterocycles. The molecule has 2 aromatic carbocycles. The van der Waals surface area contributed by atoms with E-state index >= 15 is 0 Å². The van der Waals surface area contributed by atoms with Crippen molar-refractivity contribution in [1.29, 1.82) is 0 Å². The molecule has 0 saturated carbocycles. The number of nitrogens with zero attached hydrogens (tertiary/aromatic N) is 2. The van der Waals surface area contributed by atoms with Gasteiger partial charge in [-0.15, -0.1) is 0 Å². The quantitative estimate of drug-likeness (QED) is 0.118. The third-order valence-corrected chi connectivity index (χ3v) is 10.2. The van der Waals surface area contributed by atoms with Gasteiger partial charge in [-0.25, -0.2) is 0 Å². The summed E-state index contributed by atoms with van der Waals surface area (Å²) >= 11 is 1.04. The van der Waals surface area contributed by atoms with Crippen molar-refractivity contribution in [3.8, 4) is 17.2 Å². The molecule has 52 heavy (non-hydrogen) atoms. The lowest BCUT2D eigenvalue weighted by Crippen LogP contribution is -2.42. The summed E-state index contributed by atoms with van der Waals surface area (Å²) in [4.78, 5) is 30.8. The first-order valence-electron chi connectivity index (χ1n) is 16.7. The number of aliphatic hydroxyl groups is 7. The van der Waals surface area contributed by atoms with E-state index in [9.17, 15) is 40.2 Å². The number of amides is 2. The van der Waals surface area contributed by atoms with E-state index < -0.39 is 49.3 Å². The first kappa shape index (κ1) is 40.9. The fourth-order valence-electron chi connectivity index (χ4n) is 5.68. The van der Waals surface area contributed by atoms with Gasteiger partial charge in [0, 0.05) is 18.2 Å². The molecule has 284 valence electrons. The van der Waals surface area contributed by atoms with Crippen LogP contribution < -0.4 is 14.8 Å². The third kappa shape index (κ3) is 9.96. The molecule has 7 atom stereocenters. The summed E-state index contributed by atoms with van der Waals surface area (Å²) in [6.07, 6.45) is -2.70. The highest BCUT2D eigenvalue weighted by molar-refractivity contribution is 8.15. The van der Waals surface area contributed by atoms with Crippen molar-refractivity contribution in [2.24, 2.45) is 0 Å². The van der Waals surface area contributed by atoms with Crippen LogP contribution in [-0.4, -0.2) is 117 Å². The van der Waals surface area contributed by atoms with Crippen molar-refractivity contribution in [1.82, 2.24) is 15.3 Å². The molecule has 2 unspecified atom stereocenters. The summed E-state index contributed by atoms with van der Waals surface area (Å²) in [5.74, 6) is 1.72. The second-order valence-electron chi connectivity index (χ2n) is 13.2. The van der Waals surface area contributed by atoms with Crippen LogP contribution in [0, 0.1) is 20.8 Å². The molecule has 3 aromatic rings. The maximum absolute atomic E-state index is 11.7. The number of rotatable bonds is 13.